The van der Waals surface area contributed by atoms with Gasteiger partial charge in [0.15, 0.2) is 9.64 Å². The van der Waals surface area contributed by atoms with Crippen molar-refractivity contribution in [1.29, 1.82) is 0 Å². The van der Waals surface area contributed by atoms with Gasteiger partial charge in [0.1, 0.15) is 5.82 Å². The molecule has 14 heteroatoms. The number of carbonyl (C=O) groups is 2. The average molecular weight is 557 g/mol. The Morgan fingerprint density at radius 3 is 1.95 bits per heavy atom. The Hall–Kier alpha value is -2.87. The molecule has 202 valence electrons. The van der Waals surface area contributed by atoms with Crippen LogP contribution in [0, 0.1) is 5.82 Å². The van der Waals surface area contributed by atoms with Gasteiger partial charge in [0, 0.05) is 30.5 Å². The van der Waals surface area contributed by atoms with Gasteiger partial charge in [-0.3, -0.25) is 9.59 Å². The van der Waals surface area contributed by atoms with Gasteiger partial charge in [-0.2, -0.15) is 26.3 Å². The fourth-order valence-electron chi connectivity index (χ4n) is 4.14. The summed E-state index contributed by atoms with van der Waals surface area (Å²) < 4.78 is 119. The van der Waals surface area contributed by atoms with E-state index in [1.807, 2.05) is 0 Å². The van der Waals surface area contributed by atoms with Crippen molar-refractivity contribution in [3.63, 3.8) is 0 Å². The molecule has 0 spiro atoms. The number of hydrogen-bond acceptors (Lipinski definition) is 3. The molecule has 1 aliphatic rings. The summed E-state index contributed by atoms with van der Waals surface area (Å²) in [5, 5.41) is 8.81. The summed E-state index contributed by atoms with van der Waals surface area (Å²) in [7, 11) is 0. The number of hydrogen-bond donors (Lipinski definition) is 1. The number of amides is 1. The van der Waals surface area contributed by atoms with E-state index >= 15 is 0 Å². The number of aliphatic carboxylic acids is 1. The summed E-state index contributed by atoms with van der Waals surface area (Å²) in [6, 6.07) is 6.52. The second kappa shape index (κ2) is 10.1. The van der Waals surface area contributed by atoms with Crippen LogP contribution in [0.4, 0.5) is 35.1 Å². The largest absolute Gasteiger partial charge is 0.611 e. The molecular weight excluding hydrogens is 538 g/mol. The molecule has 5 nitrogen and oxygen atoms in total. The highest BCUT2D eigenvalue weighted by Gasteiger charge is 2.73. The molecular formula is C23H19F8NO4S. The minimum Gasteiger partial charge on any atom is -0.611 e. The first-order valence-electron chi connectivity index (χ1n) is 10.6. The van der Waals surface area contributed by atoms with Crippen LogP contribution >= 0.6 is 0 Å². The van der Waals surface area contributed by atoms with Crippen LogP contribution in [0.25, 0.3) is 0 Å². The van der Waals surface area contributed by atoms with Gasteiger partial charge in [0.2, 0.25) is 5.91 Å². The van der Waals surface area contributed by atoms with E-state index in [4.69, 9.17) is 5.11 Å². The molecule has 2 atom stereocenters. The molecule has 0 radical (unpaired) electrons. The SMILES string of the molecule is O=C(O)CCC(=O)N1CC[C@](c2ccc(C(F)(C(F)(F)F)C(F)(F)F)cc2)([S+]([O-])c2ccc(F)cc2)C1. The number of alkyl halides is 7. The third-order valence-electron chi connectivity index (χ3n) is 6.11. The minimum absolute atomic E-state index is 0.0425. The Bertz CT molecular complexity index is 1120. The second-order valence-electron chi connectivity index (χ2n) is 8.41. The van der Waals surface area contributed by atoms with E-state index in [2.05, 4.69) is 0 Å². The molecule has 1 aliphatic heterocycles. The molecule has 0 aliphatic carbocycles. The molecule has 0 bridgehead atoms. The first-order valence-corrected chi connectivity index (χ1v) is 11.8. The van der Waals surface area contributed by atoms with E-state index in [-0.39, 0.29) is 30.0 Å². The number of halogens is 8. The average Bonchev–Trinajstić information content (AvgIpc) is 3.27. The van der Waals surface area contributed by atoms with E-state index in [0.717, 1.165) is 24.3 Å². The van der Waals surface area contributed by atoms with Gasteiger partial charge in [0.05, 0.1) is 13.0 Å². The smallest absolute Gasteiger partial charge is 0.435 e. The van der Waals surface area contributed by atoms with Crippen LogP contribution in [0.1, 0.15) is 30.4 Å². The lowest BCUT2D eigenvalue weighted by molar-refractivity contribution is -0.348. The fraction of sp³-hybridized carbons (Fsp3) is 0.391. The number of nitrogens with zero attached hydrogens (tertiary/aromatic N) is 1. The van der Waals surface area contributed by atoms with E-state index in [1.165, 1.54) is 17.0 Å². The van der Waals surface area contributed by atoms with E-state index in [9.17, 15) is 49.3 Å². The second-order valence-corrected chi connectivity index (χ2v) is 10.2. The van der Waals surface area contributed by atoms with Gasteiger partial charge < -0.3 is 14.6 Å². The predicted molar refractivity (Wildman–Crippen MR) is 114 cm³/mol. The number of likely N-dealkylation sites (tertiary alicyclic amines) is 1. The van der Waals surface area contributed by atoms with Crippen molar-refractivity contribution < 1.29 is 54.4 Å². The van der Waals surface area contributed by atoms with E-state index < -0.39 is 70.0 Å². The monoisotopic (exact) mass is 557 g/mol. The third-order valence-corrected chi connectivity index (χ3v) is 8.09. The lowest BCUT2D eigenvalue weighted by Gasteiger charge is -2.33. The maximum atomic E-state index is 14.5. The summed E-state index contributed by atoms with van der Waals surface area (Å²) in [4.78, 5) is 24.5. The number of carboxylic acids is 1. The number of carboxylic acid groups (broad SMARTS) is 1. The topological polar surface area (TPSA) is 80.7 Å². The van der Waals surface area contributed by atoms with Gasteiger partial charge in [-0.25, -0.2) is 8.78 Å². The molecule has 3 rings (SSSR count). The normalized spacial score (nSPS) is 19.6. The minimum atomic E-state index is -6.32. The Kier molecular flexibility index (Phi) is 7.85. The zero-order chi connectivity index (χ0) is 27.8. The Balaban J connectivity index is 2.05. The van der Waals surface area contributed by atoms with Gasteiger partial charge in [-0.05, 0) is 35.4 Å². The quantitative estimate of drug-likeness (QED) is 0.374. The van der Waals surface area contributed by atoms with Crippen LogP contribution in [-0.2, 0) is 31.2 Å². The molecule has 1 saturated heterocycles. The lowest BCUT2D eigenvalue weighted by atomic mass is 9.90. The van der Waals surface area contributed by atoms with Crippen LogP contribution in [0.2, 0.25) is 0 Å². The fourth-order valence-corrected chi connectivity index (χ4v) is 5.87. The maximum Gasteiger partial charge on any atom is 0.435 e. The third kappa shape index (κ3) is 5.40. The first kappa shape index (κ1) is 28.7. The molecule has 37 heavy (non-hydrogen) atoms. The van der Waals surface area contributed by atoms with Crippen LogP contribution in [-0.4, -0.2) is 51.9 Å². The molecule has 1 heterocycles. The van der Waals surface area contributed by atoms with Gasteiger partial charge in [-0.15, -0.1) is 0 Å². The lowest BCUT2D eigenvalue weighted by Crippen LogP contribution is -2.50. The van der Waals surface area contributed by atoms with E-state index in [0.29, 0.717) is 12.1 Å². The highest BCUT2D eigenvalue weighted by atomic mass is 32.2. The zero-order valence-corrected chi connectivity index (χ0v) is 19.5. The molecule has 2 aromatic carbocycles. The van der Waals surface area contributed by atoms with Gasteiger partial charge in [-0.1, -0.05) is 24.3 Å². The highest BCUT2D eigenvalue weighted by Crippen LogP contribution is 2.53. The molecule has 1 N–H and O–H groups in total. The molecule has 0 aromatic heterocycles. The van der Waals surface area contributed by atoms with Gasteiger partial charge in [0.25, 0.3) is 0 Å². The Labute approximate surface area is 208 Å². The van der Waals surface area contributed by atoms with Crippen molar-refractivity contribution in [2.45, 2.75) is 46.9 Å². The van der Waals surface area contributed by atoms with Crippen molar-refractivity contribution >= 4 is 23.1 Å². The van der Waals surface area contributed by atoms with Gasteiger partial charge >= 0.3 is 24.0 Å². The van der Waals surface area contributed by atoms with Crippen LogP contribution in [0.3, 0.4) is 0 Å². The van der Waals surface area contributed by atoms with Crippen molar-refractivity contribution in [2.75, 3.05) is 13.1 Å². The van der Waals surface area contributed by atoms with Crippen molar-refractivity contribution in [1.82, 2.24) is 4.90 Å². The highest BCUT2D eigenvalue weighted by molar-refractivity contribution is 7.92. The molecule has 1 fully saturated rings. The van der Waals surface area contributed by atoms with Crippen molar-refractivity contribution in [3.05, 3.63) is 65.5 Å². The summed E-state index contributed by atoms with van der Waals surface area (Å²) >= 11 is -2.10. The summed E-state index contributed by atoms with van der Waals surface area (Å²) in [5.74, 6) is -2.52. The standard InChI is InChI=1S/C23H19F8NO4S/c24-16-5-7-17(8-6-16)37(36)20(11-12-32(13-20)18(33)9-10-19(34)35)14-1-3-15(4-2-14)21(25,22(26,27)28)23(29,30)31/h1-8H,9-13H2,(H,34,35)/t20-,37?/m0/s1. The van der Waals surface area contributed by atoms with Crippen molar-refractivity contribution in [3.8, 4) is 0 Å². The zero-order valence-electron chi connectivity index (χ0n) is 18.7. The van der Waals surface area contributed by atoms with Crippen LogP contribution in [0.15, 0.2) is 53.4 Å². The number of rotatable bonds is 7. The summed E-state index contributed by atoms with van der Waals surface area (Å²) in [6.45, 7) is -0.376. The first-order chi connectivity index (χ1) is 17.0. The van der Waals surface area contributed by atoms with Crippen LogP contribution in [0.5, 0.6) is 0 Å². The number of benzene rings is 2. The number of carbonyl (C=O) groups excluding carboxylic acids is 1. The van der Waals surface area contributed by atoms with Crippen molar-refractivity contribution in [2.24, 2.45) is 0 Å². The molecule has 0 saturated carbocycles. The maximum absolute atomic E-state index is 14.5. The Morgan fingerprint density at radius 2 is 1.46 bits per heavy atom. The van der Waals surface area contributed by atoms with E-state index in [1.54, 1.807) is 0 Å². The predicted octanol–water partition coefficient (Wildman–Crippen LogP) is 5.22. The Morgan fingerprint density at radius 1 is 0.919 bits per heavy atom. The van der Waals surface area contributed by atoms with Crippen LogP contribution < -0.4 is 0 Å². The molecule has 1 amide bonds. The summed E-state index contributed by atoms with van der Waals surface area (Å²) in [6.07, 6.45) is -13.6. The molecule has 1 unspecified atom stereocenters. The summed E-state index contributed by atoms with van der Waals surface area (Å²) in [5.41, 5.74) is -7.43. The molecule has 2 aromatic rings.